The molecule has 98 valence electrons. The van der Waals surface area contributed by atoms with Gasteiger partial charge in [-0.05, 0) is 25.0 Å². The zero-order valence-electron chi connectivity index (χ0n) is 10.2. The van der Waals surface area contributed by atoms with Gasteiger partial charge in [0.25, 0.3) is 0 Å². The van der Waals surface area contributed by atoms with Gasteiger partial charge in [0, 0.05) is 37.9 Å². The van der Waals surface area contributed by atoms with Gasteiger partial charge >= 0.3 is 0 Å². The molecule has 0 spiro atoms. The number of nitrogen functional groups attached to an aromatic ring is 1. The van der Waals surface area contributed by atoms with Crippen LogP contribution in [0.1, 0.15) is 12.8 Å². The van der Waals surface area contributed by atoms with Gasteiger partial charge in [0.1, 0.15) is 5.69 Å². The molecule has 0 amide bonds. The molecule has 2 fully saturated rings. The summed E-state index contributed by atoms with van der Waals surface area (Å²) in [6.07, 6.45) is 2.54. The second-order valence-electron chi connectivity index (χ2n) is 5.09. The molecule has 1 aliphatic heterocycles. The van der Waals surface area contributed by atoms with Gasteiger partial charge in [-0.1, -0.05) is 0 Å². The Labute approximate surface area is 105 Å². The van der Waals surface area contributed by atoms with Crippen LogP contribution in [-0.4, -0.2) is 37.1 Å². The van der Waals surface area contributed by atoms with Crippen LogP contribution >= 0.6 is 0 Å². The molecule has 0 atom stereocenters. The summed E-state index contributed by atoms with van der Waals surface area (Å²) in [6.45, 7) is 3.12. The number of nitrogens with two attached hydrogens (primary N) is 1. The van der Waals surface area contributed by atoms with Crippen LogP contribution in [0, 0.1) is 11.6 Å². The predicted octanol–water partition coefficient (Wildman–Crippen LogP) is 1.83. The lowest BCUT2D eigenvalue weighted by Crippen LogP contribution is -2.47. The first-order valence-corrected chi connectivity index (χ1v) is 6.38. The van der Waals surface area contributed by atoms with Crippen LogP contribution in [-0.2, 0) is 0 Å². The van der Waals surface area contributed by atoms with Gasteiger partial charge < -0.3 is 10.6 Å². The second-order valence-corrected chi connectivity index (χ2v) is 5.09. The van der Waals surface area contributed by atoms with Crippen molar-refractivity contribution < 1.29 is 8.78 Å². The second kappa shape index (κ2) is 4.39. The monoisotopic (exact) mass is 253 g/mol. The average Bonchev–Trinajstić information content (AvgIpc) is 3.12. The Balaban J connectivity index is 1.75. The van der Waals surface area contributed by atoms with Gasteiger partial charge in [0.15, 0.2) is 11.6 Å². The minimum absolute atomic E-state index is 0.0691. The molecular weight excluding hydrogens is 236 g/mol. The van der Waals surface area contributed by atoms with E-state index >= 15 is 0 Å². The molecule has 5 heteroatoms. The Hall–Kier alpha value is -1.36. The highest BCUT2D eigenvalue weighted by Crippen LogP contribution is 2.30. The normalized spacial score (nSPS) is 21.3. The van der Waals surface area contributed by atoms with Crippen LogP contribution in [0.15, 0.2) is 12.1 Å². The summed E-state index contributed by atoms with van der Waals surface area (Å²) in [5.41, 5.74) is 5.62. The third-order valence-corrected chi connectivity index (χ3v) is 3.73. The summed E-state index contributed by atoms with van der Waals surface area (Å²) >= 11 is 0. The van der Waals surface area contributed by atoms with Gasteiger partial charge in [0.2, 0.25) is 0 Å². The van der Waals surface area contributed by atoms with Crippen LogP contribution in [0.2, 0.25) is 0 Å². The molecule has 1 aromatic carbocycles. The van der Waals surface area contributed by atoms with E-state index in [1.807, 2.05) is 0 Å². The summed E-state index contributed by atoms with van der Waals surface area (Å²) in [5.74, 6) is -1.13. The number of hydrogen-bond acceptors (Lipinski definition) is 3. The van der Waals surface area contributed by atoms with Crippen LogP contribution in [0.3, 0.4) is 0 Å². The van der Waals surface area contributed by atoms with Crippen LogP contribution in [0.4, 0.5) is 20.2 Å². The molecule has 1 heterocycles. The topological polar surface area (TPSA) is 32.5 Å². The molecule has 2 aliphatic rings. The van der Waals surface area contributed by atoms with Crippen LogP contribution < -0.4 is 10.6 Å². The van der Waals surface area contributed by atoms with E-state index < -0.39 is 11.6 Å². The van der Waals surface area contributed by atoms with Gasteiger partial charge in [0.05, 0.1) is 0 Å². The predicted molar refractivity (Wildman–Crippen MR) is 67.6 cm³/mol. The molecule has 0 bridgehead atoms. The summed E-state index contributed by atoms with van der Waals surface area (Å²) in [4.78, 5) is 4.19. The smallest absolute Gasteiger partial charge is 0.151 e. The van der Waals surface area contributed by atoms with Crippen LogP contribution in [0.5, 0.6) is 0 Å². The van der Waals surface area contributed by atoms with E-state index in [1.165, 1.54) is 25.0 Å². The number of nitrogens with zero attached hydrogens (tertiary/aromatic N) is 2. The van der Waals surface area contributed by atoms with Crippen molar-refractivity contribution in [1.82, 2.24) is 4.90 Å². The molecule has 0 aromatic heterocycles. The number of rotatable bonds is 2. The minimum Gasteiger partial charge on any atom is -0.399 e. The van der Waals surface area contributed by atoms with E-state index in [9.17, 15) is 8.78 Å². The highest BCUT2D eigenvalue weighted by molar-refractivity contribution is 5.56. The van der Waals surface area contributed by atoms with Gasteiger partial charge in [-0.25, -0.2) is 8.78 Å². The van der Waals surface area contributed by atoms with E-state index in [0.717, 1.165) is 13.1 Å². The molecule has 1 aliphatic carbocycles. The highest BCUT2D eigenvalue weighted by Gasteiger charge is 2.32. The summed E-state index contributed by atoms with van der Waals surface area (Å²) in [7, 11) is 0. The van der Waals surface area contributed by atoms with Gasteiger partial charge in [-0.15, -0.1) is 0 Å². The SMILES string of the molecule is Nc1cc(F)c(N2CCN(C3CC3)CC2)c(F)c1. The van der Waals surface area contributed by atoms with E-state index in [-0.39, 0.29) is 11.4 Å². The Kier molecular flexibility index (Phi) is 2.86. The van der Waals surface area contributed by atoms with Crippen molar-refractivity contribution in [2.45, 2.75) is 18.9 Å². The maximum atomic E-state index is 13.8. The molecular formula is C13H17F2N3. The maximum absolute atomic E-state index is 13.8. The summed E-state index contributed by atoms with van der Waals surface area (Å²) < 4.78 is 27.6. The first kappa shape index (κ1) is 11.7. The third kappa shape index (κ3) is 2.14. The van der Waals surface area contributed by atoms with Crippen molar-refractivity contribution >= 4 is 11.4 Å². The zero-order valence-corrected chi connectivity index (χ0v) is 10.2. The number of anilines is 2. The van der Waals surface area contributed by atoms with Crippen molar-refractivity contribution in [1.29, 1.82) is 0 Å². The van der Waals surface area contributed by atoms with Crippen molar-refractivity contribution in [2.24, 2.45) is 0 Å². The fraction of sp³-hybridized carbons (Fsp3) is 0.538. The molecule has 1 saturated heterocycles. The lowest BCUT2D eigenvalue weighted by molar-refractivity contribution is 0.247. The van der Waals surface area contributed by atoms with Gasteiger partial charge in [-0.3, -0.25) is 4.90 Å². The molecule has 18 heavy (non-hydrogen) atoms. The molecule has 3 nitrogen and oxygen atoms in total. The number of halogens is 2. The molecule has 1 aromatic rings. The Morgan fingerprint density at radius 1 is 1.00 bits per heavy atom. The van der Waals surface area contributed by atoms with Crippen molar-refractivity contribution in [3.05, 3.63) is 23.8 Å². The third-order valence-electron chi connectivity index (χ3n) is 3.73. The highest BCUT2D eigenvalue weighted by atomic mass is 19.1. The first-order chi connectivity index (χ1) is 8.65. The van der Waals surface area contributed by atoms with E-state index in [4.69, 9.17) is 5.73 Å². The van der Waals surface area contributed by atoms with Crippen molar-refractivity contribution in [3.63, 3.8) is 0 Å². The first-order valence-electron chi connectivity index (χ1n) is 6.38. The van der Waals surface area contributed by atoms with E-state index in [2.05, 4.69) is 4.90 Å². The fourth-order valence-electron chi connectivity index (χ4n) is 2.64. The fourth-order valence-corrected chi connectivity index (χ4v) is 2.64. The molecule has 0 radical (unpaired) electrons. The molecule has 3 rings (SSSR count). The van der Waals surface area contributed by atoms with E-state index in [1.54, 1.807) is 4.90 Å². The molecule has 2 N–H and O–H groups in total. The van der Waals surface area contributed by atoms with Crippen molar-refractivity contribution in [2.75, 3.05) is 36.8 Å². The Morgan fingerprint density at radius 3 is 2.06 bits per heavy atom. The lowest BCUT2D eigenvalue weighted by Gasteiger charge is -2.36. The maximum Gasteiger partial charge on any atom is 0.151 e. The lowest BCUT2D eigenvalue weighted by atomic mass is 10.2. The van der Waals surface area contributed by atoms with E-state index in [0.29, 0.717) is 19.1 Å². The minimum atomic E-state index is -0.563. The zero-order chi connectivity index (χ0) is 12.7. The van der Waals surface area contributed by atoms with Crippen LogP contribution in [0.25, 0.3) is 0 Å². The molecule has 1 saturated carbocycles. The quantitative estimate of drug-likeness (QED) is 0.816. The van der Waals surface area contributed by atoms with Crippen molar-refractivity contribution in [3.8, 4) is 0 Å². The number of benzene rings is 1. The largest absolute Gasteiger partial charge is 0.399 e. The van der Waals surface area contributed by atoms with Gasteiger partial charge in [-0.2, -0.15) is 0 Å². The standard InChI is InChI=1S/C13H17F2N3/c14-11-7-9(16)8-12(15)13(11)18-5-3-17(4-6-18)10-1-2-10/h7-8,10H,1-6,16H2. The number of piperazine rings is 1. The summed E-state index contributed by atoms with van der Waals surface area (Å²) in [6, 6.07) is 3.09. The Bertz CT molecular complexity index is 429. The summed E-state index contributed by atoms with van der Waals surface area (Å²) in [5, 5.41) is 0. The molecule has 0 unspecified atom stereocenters. The number of hydrogen-bond donors (Lipinski definition) is 1. The Morgan fingerprint density at radius 2 is 1.56 bits per heavy atom. The average molecular weight is 253 g/mol.